The van der Waals surface area contributed by atoms with Gasteiger partial charge in [0.1, 0.15) is 0 Å². The molecule has 0 unspecified atom stereocenters. The van der Waals surface area contributed by atoms with E-state index in [0.717, 1.165) is 78.8 Å². The molecular formula is C102H82Ir4N7-7. The summed E-state index contributed by atoms with van der Waals surface area (Å²) >= 11 is 0. The van der Waals surface area contributed by atoms with Crippen LogP contribution < -0.4 is 0 Å². The predicted molar refractivity (Wildman–Crippen MR) is 449 cm³/mol. The minimum atomic E-state index is 0. The average Bonchev–Trinajstić information content (AvgIpc) is 0.885. The Morgan fingerprint density at radius 3 is 0.796 bits per heavy atom. The second-order valence-corrected chi connectivity index (χ2v) is 25.5. The number of nitrogens with zero attached hydrogens (tertiary/aromatic N) is 7. The summed E-state index contributed by atoms with van der Waals surface area (Å²) < 4.78 is 0. The fourth-order valence-electron chi connectivity index (χ4n) is 11.6. The zero-order valence-corrected chi connectivity index (χ0v) is 73.3. The predicted octanol–water partition coefficient (Wildman–Crippen LogP) is 25.0. The molecular weight excluding hydrogens is 2090 g/mol. The van der Waals surface area contributed by atoms with E-state index in [-0.39, 0.29) is 80.4 Å². The zero-order valence-electron chi connectivity index (χ0n) is 63.7. The van der Waals surface area contributed by atoms with E-state index in [1.54, 1.807) is 18.6 Å². The van der Waals surface area contributed by atoms with Crippen molar-refractivity contribution in [3.8, 4) is 112 Å². The van der Waals surface area contributed by atoms with Crippen LogP contribution in [0.1, 0.15) is 38.9 Å². The van der Waals surface area contributed by atoms with E-state index in [9.17, 15) is 0 Å². The largest absolute Gasteiger partial charge is 0.305 e. The summed E-state index contributed by atoms with van der Waals surface area (Å²) in [6.07, 6.45) is 13.1. The number of benzene rings is 10. The van der Waals surface area contributed by atoms with Crippen LogP contribution in [0.3, 0.4) is 0 Å². The van der Waals surface area contributed by atoms with E-state index in [0.29, 0.717) is 0 Å². The minimum Gasteiger partial charge on any atom is -0.305 e. The van der Waals surface area contributed by atoms with Crippen LogP contribution in [-0.4, -0.2) is 34.9 Å². The standard InChI is InChI=1S/3C18H14N.4C12H10N.4Ir/c3*1-14-12-18(16-10-6-3-7-11-16)19-13-17(14)15-8-4-2-5-9-15;1-10-5-4-6-11(9-10)12-7-2-3-8-13-12;2*1-10-6-2-3-7-11(10)12-8-4-5-9-13-12;1-10-7-8-13-12(9-10)11-5-3-2-4-6-11;;;;/h3*2-10,12-13H,1H3;2-5,7-9H,1H3;2*2-6,8-9H,1H3;2-5,7-9H,1H3;;;;/q7*-1;;;;. The molecule has 113 heavy (non-hydrogen) atoms. The molecule has 17 rings (SSSR count). The van der Waals surface area contributed by atoms with Gasteiger partial charge in [-0.2, -0.15) is 0 Å². The fraction of sp³-hybridized carbons (Fsp3) is 0.0686. The van der Waals surface area contributed by atoms with Crippen molar-refractivity contribution in [1.29, 1.82) is 0 Å². The number of hydrogen-bond acceptors (Lipinski definition) is 7. The Bertz CT molecular complexity index is 5090. The SMILES string of the molecule is Cc1cc(-c2[c-]cccc2)ncc1-c1ccccc1.Cc1cc(-c2[c-]cccc2)ncc1-c1ccccc1.Cc1cc(-c2[c-]cccc2)ncc1-c1ccccc1.Cc1cc[c-]c(-c2ccccn2)c1.Cc1ccc[c-]c1-c1ccccn1.Cc1ccc[c-]c1-c1ccccn1.Cc1ccnc(-c2[c-]cccc2)c1.[Ir].[Ir].[Ir].[Ir]. The first kappa shape index (κ1) is 89.1. The van der Waals surface area contributed by atoms with E-state index in [4.69, 9.17) is 0 Å². The maximum absolute atomic E-state index is 4.55. The van der Waals surface area contributed by atoms with Crippen LogP contribution >= 0.6 is 0 Å². The second-order valence-electron chi connectivity index (χ2n) is 25.5. The molecule has 17 aromatic rings. The van der Waals surface area contributed by atoms with Crippen molar-refractivity contribution in [2.45, 2.75) is 48.5 Å². The van der Waals surface area contributed by atoms with Gasteiger partial charge in [-0.1, -0.05) is 178 Å². The van der Waals surface area contributed by atoms with E-state index in [1.807, 2.05) is 274 Å². The average molecular weight is 2170 g/mol. The number of pyridine rings is 7. The molecule has 0 spiro atoms. The normalized spacial score (nSPS) is 9.80. The van der Waals surface area contributed by atoms with Gasteiger partial charge in [-0.3, -0.25) is 0 Å². The van der Waals surface area contributed by atoms with E-state index in [1.165, 1.54) is 72.3 Å². The smallest absolute Gasteiger partial charge is 0.0242 e. The van der Waals surface area contributed by atoms with Gasteiger partial charge in [-0.05, 0) is 125 Å². The van der Waals surface area contributed by atoms with Crippen LogP contribution in [0.2, 0.25) is 0 Å². The molecule has 0 saturated heterocycles. The van der Waals surface area contributed by atoms with Gasteiger partial charge in [-0.15, -0.1) is 250 Å². The fourth-order valence-corrected chi connectivity index (χ4v) is 11.6. The van der Waals surface area contributed by atoms with E-state index < -0.39 is 0 Å². The first-order chi connectivity index (χ1) is 53.5. The van der Waals surface area contributed by atoms with Crippen molar-refractivity contribution in [2.75, 3.05) is 0 Å². The molecule has 4 radical (unpaired) electrons. The quantitative estimate of drug-likeness (QED) is 0.126. The van der Waals surface area contributed by atoms with Gasteiger partial charge in [-0.25, -0.2) is 0 Å². The Kier molecular flexibility index (Phi) is 37.8. The third-order valence-electron chi connectivity index (χ3n) is 17.3. The van der Waals surface area contributed by atoms with E-state index in [2.05, 4.69) is 205 Å². The number of rotatable bonds is 10. The summed E-state index contributed by atoms with van der Waals surface area (Å²) in [4.78, 5) is 30.8. The molecule has 0 atom stereocenters. The van der Waals surface area contributed by atoms with Crippen molar-refractivity contribution in [3.05, 3.63) is 452 Å². The monoisotopic (exact) mass is 2180 g/mol. The third kappa shape index (κ3) is 27.3. The Balaban J connectivity index is 0.000000183. The Labute approximate surface area is 721 Å². The molecule has 0 amide bonds. The van der Waals surface area contributed by atoms with Crippen molar-refractivity contribution in [3.63, 3.8) is 0 Å². The summed E-state index contributed by atoms with van der Waals surface area (Å²) in [7, 11) is 0. The van der Waals surface area contributed by atoms with Crippen LogP contribution in [0.4, 0.5) is 0 Å². The first-order valence-corrected chi connectivity index (χ1v) is 36.1. The molecule has 10 aromatic carbocycles. The van der Waals surface area contributed by atoms with Gasteiger partial charge in [0, 0.05) is 140 Å². The molecule has 7 heterocycles. The molecule has 11 heteroatoms. The Hall–Kier alpha value is -11.2. The Morgan fingerprint density at radius 2 is 0.496 bits per heavy atom. The summed E-state index contributed by atoms with van der Waals surface area (Å²) in [5, 5.41) is 0. The summed E-state index contributed by atoms with van der Waals surface area (Å²) in [6, 6.07) is 131. The molecule has 568 valence electrons. The van der Waals surface area contributed by atoms with Gasteiger partial charge >= 0.3 is 0 Å². The van der Waals surface area contributed by atoms with Crippen LogP contribution in [-0.2, 0) is 80.4 Å². The van der Waals surface area contributed by atoms with Crippen molar-refractivity contribution in [1.82, 2.24) is 34.9 Å². The number of aromatic nitrogens is 7. The van der Waals surface area contributed by atoms with Gasteiger partial charge in [0.15, 0.2) is 0 Å². The summed E-state index contributed by atoms with van der Waals surface area (Å²) in [6.45, 7) is 14.6. The maximum Gasteiger partial charge on any atom is 0.0242 e. The molecule has 0 N–H and O–H groups in total. The van der Waals surface area contributed by atoms with Crippen LogP contribution in [0, 0.1) is 90.9 Å². The molecule has 0 saturated carbocycles. The summed E-state index contributed by atoms with van der Waals surface area (Å²) in [5.41, 5.74) is 29.9. The topological polar surface area (TPSA) is 90.2 Å². The minimum absolute atomic E-state index is 0. The molecule has 7 aromatic heterocycles. The van der Waals surface area contributed by atoms with Crippen LogP contribution in [0.15, 0.2) is 371 Å². The first-order valence-electron chi connectivity index (χ1n) is 36.1. The molecule has 0 bridgehead atoms. The number of hydrogen-bond donors (Lipinski definition) is 0. The molecule has 0 aliphatic carbocycles. The van der Waals surface area contributed by atoms with Gasteiger partial charge in [0.05, 0.1) is 0 Å². The Morgan fingerprint density at radius 1 is 0.195 bits per heavy atom. The third-order valence-corrected chi connectivity index (χ3v) is 17.3. The van der Waals surface area contributed by atoms with Gasteiger partial charge < -0.3 is 34.9 Å². The van der Waals surface area contributed by atoms with E-state index >= 15 is 0 Å². The van der Waals surface area contributed by atoms with Crippen molar-refractivity contribution in [2.24, 2.45) is 0 Å². The summed E-state index contributed by atoms with van der Waals surface area (Å²) in [5.74, 6) is 0. The van der Waals surface area contributed by atoms with Crippen LogP contribution in [0.25, 0.3) is 112 Å². The second kappa shape index (κ2) is 47.9. The van der Waals surface area contributed by atoms with Crippen LogP contribution in [0.5, 0.6) is 0 Å². The molecule has 0 fully saturated rings. The zero-order chi connectivity index (χ0) is 75.6. The number of aryl methyl sites for hydroxylation is 7. The van der Waals surface area contributed by atoms with Crippen molar-refractivity contribution >= 4 is 0 Å². The van der Waals surface area contributed by atoms with Gasteiger partial charge in [0.2, 0.25) is 0 Å². The molecule has 7 nitrogen and oxygen atoms in total. The maximum atomic E-state index is 4.55. The van der Waals surface area contributed by atoms with Gasteiger partial charge in [0.25, 0.3) is 0 Å². The molecule has 0 aliphatic rings. The van der Waals surface area contributed by atoms with Crippen molar-refractivity contribution < 1.29 is 80.4 Å². The molecule has 0 aliphatic heterocycles.